The first-order valence-corrected chi connectivity index (χ1v) is 8.58. The molecular weight excluding hydrogens is 346 g/mol. The highest BCUT2D eigenvalue weighted by Gasteiger charge is 2.09. The molecule has 2 aromatic rings. The molecule has 0 fully saturated rings. The van der Waals surface area contributed by atoms with E-state index in [0.29, 0.717) is 35.8 Å². The van der Waals surface area contributed by atoms with Crippen LogP contribution in [0.4, 0.5) is 0 Å². The summed E-state index contributed by atoms with van der Waals surface area (Å²) in [6.07, 6.45) is 4.97. The molecular formula is C21H25NO5. The summed E-state index contributed by atoms with van der Waals surface area (Å²) in [5.74, 6) is 2.65. The molecule has 2 rings (SSSR count). The van der Waals surface area contributed by atoms with Gasteiger partial charge in [-0.05, 0) is 48.2 Å². The van der Waals surface area contributed by atoms with Crippen molar-refractivity contribution in [3.8, 4) is 23.0 Å². The van der Waals surface area contributed by atoms with Gasteiger partial charge in [-0.3, -0.25) is 0 Å². The fourth-order valence-electron chi connectivity index (χ4n) is 2.71. The summed E-state index contributed by atoms with van der Waals surface area (Å²) < 4.78 is 21.1. The van der Waals surface area contributed by atoms with Crippen LogP contribution in [0.1, 0.15) is 17.5 Å². The Morgan fingerprint density at radius 2 is 1.44 bits per heavy atom. The van der Waals surface area contributed by atoms with Gasteiger partial charge in [-0.2, -0.15) is 4.91 Å². The predicted molar refractivity (Wildman–Crippen MR) is 106 cm³/mol. The average molecular weight is 371 g/mol. The normalized spacial score (nSPS) is 11.9. The molecule has 2 aromatic carbocycles. The molecule has 6 heteroatoms. The molecule has 0 N–H and O–H groups in total. The van der Waals surface area contributed by atoms with E-state index in [1.54, 1.807) is 34.5 Å². The first kappa shape index (κ1) is 20.3. The van der Waals surface area contributed by atoms with Crippen molar-refractivity contribution in [2.45, 2.75) is 18.9 Å². The molecule has 0 bridgehead atoms. The Balaban J connectivity index is 2.03. The third kappa shape index (κ3) is 5.48. The summed E-state index contributed by atoms with van der Waals surface area (Å²) >= 11 is 0. The third-order valence-corrected chi connectivity index (χ3v) is 4.23. The standard InChI is InChI=1S/C21H25NO5/c1-24-18-11-7-15(13-20(18)26-3)5-9-17(22-23)10-6-16-8-12-19(25-2)21(14-16)27-4/h5,7-9,11-14,17H,6,10H2,1-4H3/b9-5+. The van der Waals surface area contributed by atoms with E-state index in [4.69, 9.17) is 18.9 Å². The Bertz CT molecular complexity index is 788. The molecule has 0 aliphatic rings. The molecule has 0 radical (unpaired) electrons. The van der Waals surface area contributed by atoms with Gasteiger partial charge < -0.3 is 18.9 Å². The van der Waals surface area contributed by atoms with Crippen LogP contribution in [0.3, 0.4) is 0 Å². The number of aryl methyl sites for hydroxylation is 1. The van der Waals surface area contributed by atoms with Crippen LogP contribution in [0.15, 0.2) is 47.7 Å². The van der Waals surface area contributed by atoms with Crippen molar-refractivity contribution in [2.24, 2.45) is 5.18 Å². The molecule has 0 aliphatic carbocycles. The lowest BCUT2D eigenvalue weighted by Gasteiger charge is -2.10. The van der Waals surface area contributed by atoms with Gasteiger partial charge in [0, 0.05) is 0 Å². The molecule has 0 saturated heterocycles. The predicted octanol–water partition coefficient (Wildman–Crippen LogP) is 4.50. The summed E-state index contributed by atoms with van der Waals surface area (Å²) in [6, 6.07) is 10.9. The Morgan fingerprint density at radius 3 is 2.04 bits per heavy atom. The Morgan fingerprint density at radius 1 is 0.852 bits per heavy atom. The number of nitroso groups, excluding NO2 is 1. The van der Waals surface area contributed by atoms with Crippen LogP contribution in [0.25, 0.3) is 6.08 Å². The fourth-order valence-corrected chi connectivity index (χ4v) is 2.71. The highest BCUT2D eigenvalue weighted by molar-refractivity contribution is 5.56. The maximum atomic E-state index is 11.2. The quantitative estimate of drug-likeness (QED) is 0.575. The minimum absolute atomic E-state index is 0.425. The number of ether oxygens (including phenoxy) is 4. The van der Waals surface area contributed by atoms with E-state index in [0.717, 1.165) is 11.1 Å². The number of benzene rings is 2. The van der Waals surface area contributed by atoms with Crippen molar-refractivity contribution < 1.29 is 18.9 Å². The minimum atomic E-state index is -0.425. The minimum Gasteiger partial charge on any atom is -0.493 e. The zero-order valence-electron chi connectivity index (χ0n) is 16.1. The summed E-state index contributed by atoms with van der Waals surface area (Å²) in [7, 11) is 6.38. The van der Waals surface area contributed by atoms with Crippen LogP contribution in [-0.4, -0.2) is 34.5 Å². The first-order chi connectivity index (χ1) is 13.1. The number of rotatable bonds is 10. The van der Waals surface area contributed by atoms with E-state index >= 15 is 0 Å². The van der Waals surface area contributed by atoms with Crippen LogP contribution >= 0.6 is 0 Å². The monoisotopic (exact) mass is 371 g/mol. The highest BCUT2D eigenvalue weighted by Crippen LogP contribution is 2.29. The van der Waals surface area contributed by atoms with Crippen LogP contribution < -0.4 is 18.9 Å². The van der Waals surface area contributed by atoms with Gasteiger partial charge in [-0.15, -0.1) is 0 Å². The Labute approximate surface area is 159 Å². The van der Waals surface area contributed by atoms with E-state index < -0.39 is 6.04 Å². The first-order valence-electron chi connectivity index (χ1n) is 8.58. The zero-order chi connectivity index (χ0) is 19.6. The van der Waals surface area contributed by atoms with E-state index in [1.807, 2.05) is 42.5 Å². The lowest BCUT2D eigenvalue weighted by Crippen LogP contribution is -2.02. The highest BCUT2D eigenvalue weighted by atomic mass is 16.5. The maximum absolute atomic E-state index is 11.2. The van der Waals surface area contributed by atoms with Crippen molar-refractivity contribution >= 4 is 6.08 Å². The summed E-state index contributed by atoms with van der Waals surface area (Å²) in [5.41, 5.74) is 1.97. The third-order valence-electron chi connectivity index (χ3n) is 4.23. The second kappa shape index (κ2) is 10.2. The van der Waals surface area contributed by atoms with Gasteiger partial charge in [-0.25, -0.2) is 0 Å². The summed E-state index contributed by atoms with van der Waals surface area (Å²) in [5, 5.41) is 3.22. The van der Waals surface area contributed by atoms with Crippen molar-refractivity contribution in [2.75, 3.05) is 28.4 Å². The van der Waals surface area contributed by atoms with Gasteiger partial charge in [0.25, 0.3) is 0 Å². The van der Waals surface area contributed by atoms with Gasteiger partial charge in [0.15, 0.2) is 23.0 Å². The van der Waals surface area contributed by atoms with E-state index in [9.17, 15) is 4.91 Å². The molecule has 0 aliphatic heterocycles. The van der Waals surface area contributed by atoms with Crippen LogP contribution in [0.2, 0.25) is 0 Å². The van der Waals surface area contributed by atoms with Gasteiger partial charge in [0.1, 0.15) is 6.04 Å². The number of hydrogen-bond acceptors (Lipinski definition) is 6. The molecule has 144 valence electrons. The smallest absolute Gasteiger partial charge is 0.161 e. The second-order valence-corrected chi connectivity index (χ2v) is 5.87. The van der Waals surface area contributed by atoms with Gasteiger partial charge >= 0.3 is 0 Å². The molecule has 0 amide bonds. The van der Waals surface area contributed by atoms with E-state index in [-0.39, 0.29) is 0 Å². The van der Waals surface area contributed by atoms with Crippen molar-refractivity contribution in [3.05, 3.63) is 58.5 Å². The van der Waals surface area contributed by atoms with Crippen LogP contribution in [-0.2, 0) is 6.42 Å². The molecule has 0 aromatic heterocycles. The van der Waals surface area contributed by atoms with Gasteiger partial charge in [0.05, 0.1) is 28.4 Å². The fraction of sp³-hybridized carbons (Fsp3) is 0.333. The lowest BCUT2D eigenvalue weighted by atomic mass is 10.0. The van der Waals surface area contributed by atoms with Gasteiger partial charge in [0.2, 0.25) is 0 Å². The topological polar surface area (TPSA) is 66.3 Å². The van der Waals surface area contributed by atoms with Crippen molar-refractivity contribution in [1.82, 2.24) is 0 Å². The largest absolute Gasteiger partial charge is 0.493 e. The number of nitrogens with zero attached hydrogens (tertiary/aromatic N) is 1. The van der Waals surface area contributed by atoms with Crippen molar-refractivity contribution in [1.29, 1.82) is 0 Å². The lowest BCUT2D eigenvalue weighted by molar-refractivity contribution is 0.354. The Hall–Kier alpha value is -3.02. The summed E-state index contributed by atoms with van der Waals surface area (Å²) in [6.45, 7) is 0. The summed E-state index contributed by atoms with van der Waals surface area (Å²) in [4.78, 5) is 11.2. The molecule has 0 spiro atoms. The van der Waals surface area contributed by atoms with Crippen LogP contribution in [0.5, 0.6) is 23.0 Å². The maximum Gasteiger partial charge on any atom is 0.161 e. The van der Waals surface area contributed by atoms with Crippen LogP contribution in [0, 0.1) is 4.91 Å². The molecule has 27 heavy (non-hydrogen) atoms. The zero-order valence-corrected chi connectivity index (χ0v) is 16.1. The molecule has 0 saturated carbocycles. The number of hydrogen-bond donors (Lipinski definition) is 0. The molecule has 0 heterocycles. The molecule has 6 nitrogen and oxygen atoms in total. The number of methoxy groups -OCH3 is 4. The van der Waals surface area contributed by atoms with E-state index in [1.165, 1.54) is 0 Å². The molecule has 1 unspecified atom stereocenters. The van der Waals surface area contributed by atoms with E-state index in [2.05, 4.69) is 5.18 Å². The molecule has 1 atom stereocenters. The Kier molecular flexibility index (Phi) is 7.67. The second-order valence-electron chi connectivity index (χ2n) is 5.87. The van der Waals surface area contributed by atoms with Gasteiger partial charge in [-0.1, -0.05) is 29.5 Å². The average Bonchev–Trinajstić information content (AvgIpc) is 2.73. The SMILES string of the molecule is COc1ccc(/C=C/C(CCc2ccc(OC)c(OC)c2)N=O)cc1OC. The van der Waals surface area contributed by atoms with Crippen molar-refractivity contribution in [3.63, 3.8) is 0 Å².